The monoisotopic (exact) mass is 417 g/mol. The van der Waals surface area contributed by atoms with Gasteiger partial charge in [0, 0.05) is 42.5 Å². The van der Waals surface area contributed by atoms with Crippen molar-refractivity contribution in [2.75, 3.05) is 6.54 Å². The molecule has 0 amide bonds. The van der Waals surface area contributed by atoms with Gasteiger partial charge in [0.25, 0.3) is 0 Å². The highest BCUT2D eigenvalue weighted by molar-refractivity contribution is 5.89. The Morgan fingerprint density at radius 2 is 2.03 bits per heavy atom. The molecule has 3 rings (SSSR count). The van der Waals surface area contributed by atoms with Crippen molar-refractivity contribution >= 4 is 5.97 Å². The van der Waals surface area contributed by atoms with Gasteiger partial charge in [-0.05, 0) is 64.1 Å². The first kappa shape index (κ1) is 22.9. The van der Waals surface area contributed by atoms with Crippen LogP contribution in [0.15, 0.2) is 34.9 Å². The molecular formula is C26H31N3O2. The van der Waals surface area contributed by atoms with Crippen molar-refractivity contribution in [1.82, 2.24) is 4.90 Å². The van der Waals surface area contributed by atoms with Crippen molar-refractivity contribution in [1.29, 1.82) is 10.5 Å². The van der Waals surface area contributed by atoms with Crippen LogP contribution in [0.4, 0.5) is 0 Å². The van der Waals surface area contributed by atoms with Crippen molar-refractivity contribution < 1.29 is 9.53 Å². The number of carbonyl (C=O) groups excluding carboxylic acids is 1. The number of carbonyl (C=O) groups is 1. The van der Waals surface area contributed by atoms with Gasteiger partial charge in [-0.15, -0.1) is 0 Å². The molecule has 0 N–H and O–H groups in total. The van der Waals surface area contributed by atoms with Crippen molar-refractivity contribution in [3.63, 3.8) is 0 Å². The minimum atomic E-state index is -0.650. The predicted octanol–water partition coefficient (Wildman–Crippen LogP) is 4.73. The van der Waals surface area contributed by atoms with Crippen LogP contribution < -0.4 is 0 Å². The normalized spacial score (nSPS) is 27.9. The van der Waals surface area contributed by atoms with Crippen LogP contribution in [0.1, 0.15) is 71.6 Å². The number of nitriles is 2. The summed E-state index contributed by atoms with van der Waals surface area (Å²) >= 11 is 0. The van der Waals surface area contributed by atoms with E-state index in [4.69, 9.17) is 15.3 Å². The molecule has 1 saturated heterocycles. The lowest BCUT2D eigenvalue weighted by Crippen LogP contribution is -2.55. The van der Waals surface area contributed by atoms with Gasteiger partial charge in [-0.25, -0.2) is 4.79 Å². The number of esters is 1. The number of piperidine rings is 1. The van der Waals surface area contributed by atoms with E-state index >= 15 is 0 Å². The lowest BCUT2D eigenvalue weighted by atomic mass is 9.80. The summed E-state index contributed by atoms with van der Waals surface area (Å²) in [5.74, 6) is 6.18. The Kier molecular flexibility index (Phi) is 7.73. The summed E-state index contributed by atoms with van der Waals surface area (Å²) in [6.07, 6.45) is 13.2. The third-order valence-electron chi connectivity index (χ3n) is 6.45. The Morgan fingerprint density at radius 1 is 1.26 bits per heavy atom. The molecule has 3 aliphatic heterocycles. The molecular weight excluding hydrogens is 386 g/mol. The zero-order valence-corrected chi connectivity index (χ0v) is 18.6. The molecule has 0 aromatic carbocycles. The number of nitrogens with zero attached hydrogens (tertiary/aromatic N) is 3. The molecule has 3 heterocycles. The van der Waals surface area contributed by atoms with Crippen molar-refractivity contribution in [2.45, 2.75) is 89.3 Å². The maximum absolute atomic E-state index is 12.3. The van der Waals surface area contributed by atoms with E-state index in [-0.39, 0.29) is 18.1 Å². The summed E-state index contributed by atoms with van der Waals surface area (Å²) in [5.41, 5.74) is 2.27. The average molecular weight is 418 g/mol. The van der Waals surface area contributed by atoms with E-state index in [1.54, 1.807) is 6.08 Å². The predicted molar refractivity (Wildman–Crippen MR) is 119 cm³/mol. The van der Waals surface area contributed by atoms with E-state index < -0.39 is 5.60 Å². The largest absolute Gasteiger partial charge is 0.450 e. The van der Waals surface area contributed by atoms with Gasteiger partial charge in [-0.2, -0.15) is 10.5 Å². The van der Waals surface area contributed by atoms with Crippen LogP contribution in [-0.4, -0.2) is 35.1 Å². The van der Waals surface area contributed by atoms with Gasteiger partial charge in [0.1, 0.15) is 0 Å². The maximum atomic E-state index is 12.3. The molecule has 0 aliphatic carbocycles. The number of allylic oxidation sites excluding steroid dienone is 2. The third-order valence-corrected chi connectivity index (χ3v) is 6.45. The summed E-state index contributed by atoms with van der Waals surface area (Å²) in [4.78, 5) is 14.8. The third kappa shape index (κ3) is 5.28. The first-order valence-electron chi connectivity index (χ1n) is 11.4. The van der Waals surface area contributed by atoms with Gasteiger partial charge < -0.3 is 4.74 Å². The van der Waals surface area contributed by atoms with E-state index in [1.807, 2.05) is 0 Å². The van der Waals surface area contributed by atoms with E-state index in [0.717, 1.165) is 61.8 Å². The number of hydrogen-bond acceptors (Lipinski definition) is 5. The molecule has 5 nitrogen and oxygen atoms in total. The molecule has 0 spiro atoms. The van der Waals surface area contributed by atoms with Crippen LogP contribution in [0.5, 0.6) is 0 Å². The molecule has 162 valence electrons. The zero-order chi connectivity index (χ0) is 22.3. The number of ether oxygens (including phenoxy) is 1. The van der Waals surface area contributed by atoms with Crippen molar-refractivity contribution in [2.24, 2.45) is 0 Å². The fourth-order valence-corrected chi connectivity index (χ4v) is 4.92. The Hall–Kier alpha value is -2.81. The van der Waals surface area contributed by atoms with Crippen LogP contribution >= 0.6 is 0 Å². The second-order valence-corrected chi connectivity index (χ2v) is 8.69. The van der Waals surface area contributed by atoms with E-state index in [0.29, 0.717) is 19.3 Å². The summed E-state index contributed by atoms with van der Waals surface area (Å²) in [7, 11) is 0. The quantitative estimate of drug-likeness (QED) is 0.355. The molecule has 0 unspecified atom stereocenters. The second-order valence-electron chi connectivity index (χ2n) is 8.69. The summed E-state index contributed by atoms with van der Waals surface area (Å²) in [5, 5.41) is 17.6. The van der Waals surface area contributed by atoms with Crippen molar-refractivity contribution in [3.05, 3.63) is 34.9 Å². The highest BCUT2D eigenvalue weighted by atomic mass is 16.6. The minimum Gasteiger partial charge on any atom is -0.450 e. The summed E-state index contributed by atoms with van der Waals surface area (Å²) in [6, 6.07) is 4.76. The zero-order valence-electron chi connectivity index (χ0n) is 18.6. The summed E-state index contributed by atoms with van der Waals surface area (Å²) in [6.45, 7) is 5.27. The molecule has 31 heavy (non-hydrogen) atoms. The Morgan fingerprint density at radius 3 is 2.81 bits per heavy atom. The van der Waals surface area contributed by atoms with Crippen molar-refractivity contribution in [3.8, 4) is 24.0 Å². The second kappa shape index (κ2) is 10.5. The molecule has 3 atom stereocenters. The highest BCUT2D eigenvalue weighted by Gasteiger charge is 2.51. The van der Waals surface area contributed by atoms with E-state index in [9.17, 15) is 4.79 Å². The van der Waals surface area contributed by atoms with Crippen LogP contribution in [0, 0.1) is 34.5 Å². The Labute approximate surface area is 186 Å². The molecule has 0 bridgehead atoms. The van der Waals surface area contributed by atoms with E-state index in [1.165, 1.54) is 0 Å². The molecule has 0 radical (unpaired) electrons. The lowest BCUT2D eigenvalue weighted by molar-refractivity contribution is -0.151. The first-order valence-corrected chi connectivity index (χ1v) is 11.4. The smallest absolute Gasteiger partial charge is 0.332 e. The molecule has 0 aromatic rings. The fraction of sp³-hybridized carbons (Fsp3) is 0.577. The molecule has 5 heteroatoms. The van der Waals surface area contributed by atoms with Crippen LogP contribution in [0.2, 0.25) is 0 Å². The number of hydrogen-bond donors (Lipinski definition) is 0. The minimum absolute atomic E-state index is 0.176. The van der Waals surface area contributed by atoms with Gasteiger partial charge in [0.05, 0.1) is 18.2 Å². The van der Waals surface area contributed by atoms with Crippen LogP contribution in [0.3, 0.4) is 0 Å². The Balaban J connectivity index is 1.96. The molecule has 3 aliphatic rings. The number of fused-ring (bicyclic) bond motifs is 3. The lowest BCUT2D eigenvalue weighted by Gasteiger charge is -2.45. The summed E-state index contributed by atoms with van der Waals surface area (Å²) < 4.78 is 5.93. The average Bonchev–Trinajstić information content (AvgIpc) is 3.04. The van der Waals surface area contributed by atoms with Gasteiger partial charge in [0.15, 0.2) is 5.60 Å². The Bertz CT molecular complexity index is 934. The fourth-order valence-electron chi connectivity index (χ4n) is 4.92. The van der Waals surface area contributed by atoms with Gasteiger partial charge in [0.2, 0.25) is 0 Å². The van der Waals surface area contributed by atoms with Crippen LogP contribution in [0.25, 0.3) is 0 Å². The first-order chi connectivity index (χ1) is 15.0. The van der Waals surface area contributed by atoms with E-state index in [2.05, 4.69) is 54.9 Å². The number of unbranched alkanes of at least 4 members (excludes halogenated alkanes) is 3. The van der Waals surface area contributed by atoms with Gasteiger partial charge >= 0.3 is 5.97 Å². The maximum Gasteiger partial charge on any atom is 0.332 e. The SMILES string of the molecule is C[C@H]1C=C(/C=C(\C#CCCCC#N)CCCC#N)C2=CC(=O)O[C@]2(C)[C@H]2CCCCN12. The number of rotatable bonds is 6. The molecule has 0 saturated carbocycles. The molecule has 1 fully saturated rings. The highest BCUT2D eigenvalue weighted by Crippen LogP contribution is 2.44. The van der Waals surface area contributed by atoms with Gasteiger partial charge in [-0.1, -0.05) is 24.3 Å². The topological polar surface area (TPSA) is 77.1 Å². The van der Waals surface area contributed by atoms with Crippen LogP contribution in [-0.2, 0) is 9.53 Å². The molecule has 0 aromatic heterocycles. The standard InChI is InChI=1S/C26H31N3O2/c1-20-17-22(18-21(12-6-9-15-28)11-5-3-4-8-14-27)23-19-25(30)31-26(23,2)24-13-7-10-16-29(20)24/h17-20,24H,3-4,6-10,12-13,16H2,1-2H3/b21-18+/t20-,24+,26-/m0/s1. The van der Waals surface area contributed by atoms with Gasteiger partial charge in [-0.3, -0.25) is 4.90 Å².